The zero-order valence-corrected chi connectivity index (χ0v) is 9.65. The first-order chi connectivity index (χ1) is 6.42. The Morgan fingerprint density at radius 2 is 2.00 bits per heavy atom. The van der Waals surface area contributed by atoms with E-state index in [1.165, 1.54) is 12.1 Å². The van der Waals surface area contributed by atoms with E-state index in [4.69, 9.17) is 11.6 Å². The monoisotopic (exact) mass is 336 g/mol. The van der Waals surface area contributed by atoms with Crippen LogP contribution in [-0.4, -0.2) is 6.36 Å². The summed E-state index contributed by atoms with van der Waals surface area (Å²) < 4.78 is 39.9. The molecule has 1 nitrogen and oxygen atoms in total. The molecule has 0 spiro atoms. The molecule has 0 unspecified atom stereocenters. The second kappa shape index (κ2) is 4.57. The zero-order valence-electron chi connectivity index (χ0n) is 6.74. The van der Waals surface area contributed by atoms with E-state index >= 15 is 0 Å². The highest BCUT2D eigenvalue weighted by Crippen LogP contribution is 2.28. The summed E-state index contributed by atoms with van der Waals surface area (Å²) in [4.78, 5) is 0. The average molecular weight is 336 g/mol. The van der Waals surface area contributed by atoms with E-state index in [-0.39, 0.29) is 11.6 Å². The van der Waals surface area contributed by atoms with Gasteiger partial charge >= 0.3 is 6.36 Å². The van der Waals surface area contributed by atoms with Gasteiger partial charge in [-0.15, -0.1) is 24.8 Å². The lowest BCUT2D eigenvalue weighted by atomic mass is 10.2. The van der Waals surface area contributed by atoms with Gasteiger partial charge in [0, 0.05) is 5.88 Å². The van der Waals surface area contributed by atoms with Crippen molar-refractivity contribution in [3.8, 4) is 5.75 Å². The highest BCUT2D eigenvalue weighted by atomic mass is 127. The predicted molar refractivity (Wildman–Crippen MR) is 55.4 cm³/mol. The van der Waals surface area contributed by atoms with Gasteiger partial charge in [-0.2, -0.15) is 0 Å². The van der Waals surface area contributed by atoms with Crippen molar-refractivity contribution in [3.05, 3.63) is 27.3 Å². The molecule has 1 aromatic carbocycles. The minimum absolute atomic E-state index is 0.158. The molecule has 0 amide bonds. The van der Waals surface area contributed by atoms with E-state index in [2.05, 4.69) is 4.74 Å². The summed E-state index contributed by atoms with van der Waals surface area (Å²) in [6.45, 7) is 0. The topological polar surface area (TPSA) is 9.23 Å². The molecule has 14 heavy (non-hydrogen) atoms. The number of ether oxygens (including phenoxy) is 1. The van der Waals surface area contributed by atoms with Crippen molar-refractivity contribution in [1.29, 1.82) is 0 Å². The molecule has 0 heterocycles. The fourth-order valence-corrected chi connectivity index (χ4v) is 1.45. The third kappa shape index (κ3) is 3.53. The molecule has 0 aliphatic heterocycles. The molecule has 78 valence electrons. The lowest BCUT2D eigenvalue weighted by Crippen LogP contribution is -2.17. The van der Waals surface area contributed by atoms with E-state index in [0.29, 0.717) is 9.13 Å². The van der Waals surface area contributed by atoms with Crippen LogP contribution >= 0.6 is 34.2 Å². The molecule has 0 aromatic heterocycles. The van der Waals surface area contributed by atoms with Gasteiger partial charge in [0.25, 0.3) is 0 Å². The Morgan fingerprint density at radius 3 is 2.50 bits per heavy atom. The minimum atomic E-state index is -4.66. The number of rotatable bonds is 2. The molecule has 1 rings (SSSR count). The molecule has 6 heteroatoms. The SMILES string of the molecule is FC(F)(F)Oc1cc(CCl)ccc1I. The first-order valence-electron chi connectivity index (χ1n) is 3.52. The summed E-state index contributed by atoms with van der Waals surface area (Å²) in [6.07, 6.45) is -4.66. The summed E-state index contributed by atoms with van der Waals surface area (Å²) in [6, 6.07) is 4.46. The fourth-order valence-electron chi connectivity index (χ4n) is 0.834. The molecule has 0 bridgehead atoms. The largest absolute Gasteiger partial charge is 0.573 e. The van der Waals surface area contributed by atoms with Gasteiger partial charge in [-0.05, 0) is 40.3 Å². The summed E-state index contributed by atoms with van der Waals surface area (Å²) >= 11 is 7.25. The second-order valence-electron chi connectivity index (χ2n) is 2.45. The van der Waals surface area contributed by atoms with Crippen LogP contribution < -0.4 is 4.74 Å². The molecule has 0 fully saturated rings. The van der Waals surface area contributed by atoms with Crippen molar-refractivity contribution < 1.29 is 17.9 Å². The molecule has 0 atom stereocenters. The maximum Gasteiger partial charge on any atom is 0.573 e. The van der Waals surface area contributed by atoms with Crippen molar-refractivity contribution in [3.63, 3.8) is 0 Å². The summed E-state index contributed by atoms with van der Waals surface area (Å²) in [7, 11) is 0. The second-order valence-corrected chi connectivity index (χ2v) is 3.88. The number of benzene rings is 1. The number of hydrogen-bond donors (Lipinski definition) is 0. The van der Waals surface area contributed by atoms with Crippen LogP contribution in [0.2, 0.25) is 0 Å². The maximum absolute atomic E-state index is 11.9. The molecule has 0 saturated heterocycles. The van der Waals surface area contributed by atoms with E-state index in [1.54, 1.807) is 28.7 Å². The Morgan fingerprint density at radius 1 is 1.36 bits per heavy atom. The molecule has 0 aliphatic carbocycles. The van der Waals surface area contributed by atoms with Crippen molar-refractivity contribution in [2.24, 2.45) is 0 Å². The highest BCUT2D eigenvalue weighted by Gasteiger charge is 2.31. The standard InChI is InChI=1S/C8H5ClF3IO/c9-4-5-1-2-6(13)7(3-5)14-8(10,11)12/h1-3H,4H2. The number of halogens is 5. The minimum Gasteiger partial charge on any atom is -0.405 e. The Bertz CT molecular complexity index is 327. The molecule has 0 saturated carbocycles. The summed E-state index contributed by atoms with van der Waals surface area (Å²) in [5, 5.41) is 0. The average Bonchev–Trinajstić information content (AvgIpc) is 2.06. The fraction of sp³-hybridized carbons (Fsp3) is 0.250. The van der Waals surface area contributed by atoms with Gasteiger partial charge in [-0.25, -0.2) is 0 Å². The Labute approximate surface area is 97.3 Å². The van der Waals surface area contributed by atoms with Crippen LogP contribution in [-0.2, 0) is 5.88 Å². The first-order valence-corrected chi connectivity index (χ1v) is 5.14. The van der Waals surface area contributed by atoms with E-state index in [0.717, 1.165) is 0 Å². The van der Waals surface area contributed by atoms with Gasteiger partial charge in [0.1, 0.15) is 5.75 Å². The molecular weight excluding hydrogens is 331 g/mol. The molecule has 0 N–H and O–H groups in total. The van der Waals surface area contributed by atoms with Gasteiger partial charge < -0.3 is 4.74 Å². The van der Waals surface area contributed by atoms with E-state index in [9.17, 15) is 13.2 Å². The molecular formula is C8H5ClF3IO. The first kappa shape index (κ1) is 11.9. The van der Waals surface area contributed by atoms with Crippen LogP contribution in [0.5, 0.6) is 5.75 Å². The van der Waals surface area contributed by atoms with Crippen LogP contribution in [0.4, 0.5) is 13.2 Å². The highest BCUT2D eigenvalue weighted by molar-refractivity contribution is 14.1. The van der Waals surface area contributed by atoms with Crippen LogP contribution in [0, 0.1) is 3.57 Å². The summed E-state index contributed by atoms with van der Waals surface area (Å²) in [5.74, 6) is -0.0539. The number of alkyl halides is 4. The predicted octanol–water partition coefficient (Wildman–Crippen LogP) is 3.93. The Kier molecular flexibility index (Phi) is 3.88. The van der Waals surface area contributed by atoms with Gasteiger partial charge in [-0.1, -0.05) is 6.07 Å². The smallest absolute Gasteiger partial charge is 0.405 e. The van der Waals surface area contributed by atoms with Crippen LogP contribution in [0.3, 0.4) is 0 Å². The van der Waals surface area contributed by atoms with Crippen LogP contribution in [0.15, 0.2) is 18.2 Å². The van der Waals surface area contributed by atoms with Crippen LogP contribution in [0.1, 0.15) is 5.56 Å². The molecule has 0 radical (unpaired) electrons. The van der Waals surface area contributed by atoms with Gasteiger partial charge in [0.2, 0.25) is 0 Å². The van der Waals surface area contributed by atoms with Crippen molar-refractivity contribution in [1.82, 2.24) is 0 Å². The van der Waals surface area contributed by atoms with Crippen LogP contribution in [0.25, 0.3) is 0 Å². The third-order valence-electron chi connectivity index (χ3n) is 1.38. The van der Waals surface area contributed by atoms with Crippen molar-refractivity contribution in [2.45, 2.75) is 12.2 Å². The normalized spacial score (nSPS) is 11.5. The van der Waals surface area contributed by atoms with Crippen molar-refractivity contribution in [2.75, 3.05) is 0 Å². The Balaban J connectivity index is 2.95. The van der Waals surface area contributed by atoms with Gasteiger partial charge in [-0.3, -0.25) is 0 Å². The van der Waals surface area contributed by atoms with E-state index in [1.807, 2.05) is 0 Å². The zero-order chi connectivity index (χ0) is 10.8. The number of hydrogen-bond acceptors (Lipinski definition) is 1. The summed E-state index contributed by atoms with van der Waals surface area (Å²) in [5.41, 5.74) is 0.589. The lowest BCUT2D eigenvalue weighted by molar-refractivity contribution is -0.274. The molecule has 0 aliphatic rings. The lowest BCUT2D eigenvalue weighted by Gasteiger charge is -2.11. The van der Waals surface area contributed by atoms with E-state index < -0.39 is 6.36 Å². The third-order valence-corrected chi connectivity index (χ3v) is 2.58. The Hall–Kier alpha value is -0.170. The van der Waals surface area contributed by atoms with Gasteiger partial charge in [0.05, 0.1) is 3.57 Å². The van der Waals surface area contributed by atoms with Crippen molar-refractivity contribution >= 4 is 34.2 Å². The van der Waals surface area contributed by atoms with Gasteiger partial charge in [0.15, 0.2) is 0 Å². The molecule has 1 aromatic rings. The maximum atomic E-state index is 11.9. The quantitative estimate of drug-likeness (QED) is 0.587.